The van der Waals surface area contributed by atoms with Gasteiger partial charge >= 0.3 is 0 Å². The Labute approximate surface area is 109 Å². The van der Waals surface area contributed by atoms with E-state index in [0.717, 1.165) is 11.3 Å². The second-order valence-electron chi connectivity index (χ2n) is 4.04. The normalized spacial score (nSPS) is 12.7. The summed E-state index contributed by atoms with van der Waals surface area (Å²) in [5.41, 5.74) is 2.47. The van der Waals surface area contributed by atoms with Gasteiger partial charge in [-0.3, -0.25) is 0 Å². The molecule has 0 atom stereocenters. The van der Waals surface area contributed by atoms with E-state index in [1.807, 2.05) is 30.3 Å². The van der Waals surface area contributed by atoms with Gasteiger partial charge in [-0.2, -0.15) is 5.10 Å². The maximum atomic E-state index is 8.93. The van der Waals surface area contributed by atoms with Gasteiger partial charge in [0.15, 0.2) is 5.49 Å². The number of aromatic nitrogens is 2. The van der Waals surface area contributed by atoms with Gasteiger partial charge in [-0.25, -0.2) is 4.68 Å². The number of nitrogens with zero attached hydrogens (tertiary/aromatic N) is 4. The van der Waals surface area contributed by atoms with Crippen LogP contribution in [-0.2, 0) is 6.54 Å². The molecular formula is C13H14N4O2. The molecule has 6 nitrogen and oxygen atoms in total. The first-order chi connectivity index (χ1) is 9.24. The second kappa shape index (κ2) is 5.81. The van der Waals surface area contributed by atoms with Crippen LogP contribution in [0.2, 0.25) is 0 Å². The van der Waals surface area contributed by atoms with E-state index in [4.69, 9.17) is 10.4 Å². The molecule has 0 aliphatic carbocycles. The van der Waals surface area contributed by atoms with Crippen molar-refractivity contribution < 1.29 is 10.4 Å². The lowest BCUT2D eigenvalue weighted by molar-refractivity contribution is 0.290. The molecule has 2 aromatic rings. The number of rotatable bonds is 3. The highest BCUT2D eigenvalue weighted by atomic mass is 16.4. The summed E-state index contributed by atoms with van der Waals surface area (Å²) >= 11 is 0. The van der Waals surface area contributed by atoms with Gasteiger partial charge < -0.3 is 10.4 Å². The van der Waals surface area contributed by atoms with E-state index in [-0.39, 0.29) is 6.54 Å². The molecule has 0 aliphatic heterocycles. The summed E-state index contributed by atoms with van der Waals surface area (Å²) in [5.74, 6) is 0. The van der Waals surface area contributed by atoms with Gasteiger partial charge in [0.05, 0.1) is 18.0 Å². The molecule has 1 aromatic carbocycles. The molecule has 0 radical (unpaired) electrons. The molecular weight excluding hydrogens is 244 g/mol. The number of hydrogen-bond donors (Lipinski definition) is 2. The third kappa shape index (κ3) is 2.98. The molecule has 0 unspecified atom stereocenters. The maximum absolute atomic E-state index is 8.93. The van der Waals surface area contributed by atoms with Gasteiger partial charge in [0.25, 0.3) is 0 Å². The van der Waals surface area contributed by atoms with E-state index in [1.165, 1.54) is 4.68 Å². The second-order valence-corrected chi connectivity index (χ2v) is 4.04. The zero-order valence-electron chi connectivity index (χ0n) is 10.4. The molecule has 0 saturated heterocycles. The molecule has 1 heterocycles. The third-order valence-electron chi connectivity index (χ3n) is 2.60. The van der Waals surface area contributed by atoms with Gasteiger partial charge in [0.2, 0.25) is 0 Å². The Morgan fingerprint density at radius 1 is 1.16 bits per heavy atom. The summed E-state index contributed by atoms with van der Waals surface area (Å²) in [4.78, 5) is 0. The highest BCUT2D eigenvalue weighted by Gasteiger charge is 2.03. The molecule has 0 saturated carbocycles. The molecule has 6 heteroatoms. The number of hydrogen-bond acceptors (Lipinski definition) is 5. The lowest BCUT2D eigenvalue weighted by Crippen LogP contribution is -2.26. The van der Waals surface area contributed by atoms with Crippen molar-refractivity contribution in [2.45, 2.75) is 13.5 Å². The lowest BCUT2D eigenvalue weighted by Gasteiger charge is -2.07. The number of benzene rings is 1. The molecule has 2 N–H and O–H groups in total. The van der Waals surface area contributed by atoms with Gasteiger partial charge in [0, 0.05) is 5.56 Å². The minimum absolute atomic E-state index is 0.247. The first kappa shape index (κ1) is 12.8. The molecule has 1 aromatic heterocycles. The van der Waals surface area contributed by atoms with Crippen LogP contribution >= 0.6 is 0 Å². The molecule has 0 bridgehead atoms. The predicted octanol–water partition coefficient (Wildman–Crippen LogP) is 1.69. The summed E-state index contributed by atoms with van der Waals surface area (Å²) < 4.78 is 1.47. The summed E-state index contributed by atoms with van der Waals surface area (Å²) in [6, 6.07) is 13.1. The molecule has 2 rings (SSSR count). The standard InChI is InChI=1S/C13H14N4O2/c1-10(15-18)9-17-13(16-19)8-7-12(14-17)11-5-3-2-4-6-11/h2-8,18-19H,9H2,1H3. The highest BCUT2D eigenvalue weighted by Crippen LogP contribution is 2.13. The Balaban J connectivity index is 2.47. The van der Waals surface area contributed by atoms with Crippen LogP contribution in [0.15, 0.2) is 52.8 Å². The first-order valence-corrected chi connectivity index (χ1v) is 5.74. The zero-order chi connectivity index (χ0) is 13.7. The lowest BCUT2D eigenvalue weighted by atomic mass is 10.1. The van der Waals surface area contributed by atoms with E-state index >= 15 is 0 Å². The van der Waals surface area contributed by atoms with Crippen molar-refractivity contribution in [3.05, 3.63) is 48.0 Å². The topological polar surface area (TPSA) is 83.0 Å². The van der Waals surface area contributed by atoms with Crippen LogP contribution in [0.5, 0.6) is 0 Å². The van der Waals surface area contributed by atoms with Crippen LogP contribution in [-0.4, -0.2) is 25.9 Å². The Bertz CT molecular complexity index is 647. The van der Waals surface area contributed by atoms with Crippen molar-refractivity contribution >= 4 is 5.71 Å². The summed E-state index contributed by atoms with van der Waals surface area (Å²) in [5, 5.41) is 28.3. The maximum Gasteiger partial charge on any atom is 0.188 e. The SMILES string of the molecule is CC(Cn1nc(-c2ccccc2)ccc1=NO)=NO. The minimum Gasteiger partial charge on any atom is -0.411 e. The van der Waals surface area contributed by atoms with E-state index in [0.29, 0.717) is 11.2 Å². The highest BCUT2D eigenvalue weighted by molar-refractivity contribution is 5.80. The van der Waals surface area contributed by atoms with Crippen molar-refractivity contribution in [2.75, 3.05) is 0 Å². The Hall–Kier alpha value is -2.63. The first-order valence-electron chi connectivity index (χ1n) is 5.74. The van der Waals surface area contributed by atoms with Crippen LogP contribution in [0.4, 0.5) is 0 Å². The fourth-order valence-electron chi connectivity index (χ4n) is 1.67. The number of oxime groups is 1. The van der Waals surface area contributed by atoms with Gasteiger partial charge in [-0.1, -0.05) is 40.6 Å². The van der Waals surface area contributed by atoms with E-state index in [9.17, 15) is 0 Å². The fraction of sp³-hybridized carbons (Fsp3) is 0.154. The molecule has 0 amide bonds. The van der Waals surface area contributed by atoms with Crippen LogP contribution < -0.4 is 5.49 Å². The Morgan fingerprint density at radius 3 is 2.53 bits per heavy atom. The summed E-state index contributed by atoms with van der Waals surface area (Å²) in [6.45, 7) is 1.90. The van der Waals surface area contributed by atoms with Crippen molar-refractivity contribution in [1.82, 2.24) is 9.78 Å². The van der Waals surface area contributed by atoms with Crippen molar-refractivity contribution in [3.8, 4) is 11.3 Å². The van der Waals surface area contributed by atoms with Gasteiger partial charge in [-0.05, 0) is 19.1 Å². The summed E-state index contributed by atoms with van der Waals surface area (Å²) in [7, 11) is 0. The zero-order valence-corrected chi connectivity index (χ0v) is 10.4. The fourth-order valence-corrected chi connectivity index (χ4v) is 1.67. The molecule has 0 spiro atoms. The molecule has 98 valence electrons. The smallest absolute Gasteiger partial charge is 0.188 e. The average molecular weight is 258 g/mol. The quantitative estimate of drug-likeness (QED) is 0.499. The molecule has 0 fully saturated rings. The summed E-state index contributed by atoms with van der Waals surface area (Å²) in [6.07, 6.45) is 0. The molecule has 19 heavy (non-hydrogen) atoms. The van der Waals surface area contributed by atoms with Gasteiger partial charge in [0.1, 0.15) is 0 Å². The monoisotopic (exact) mass is 258 g/mol. The molecule has 0 aliphatic rings. The Kier molecular flexibility index (Phi) is 3.92. The van der Waals surface area contributed by atoms with Crippen LogP contribution in [0.25, 0.3) is 11.3 Å². The Morgan fingerprint density at radius 2 is 1.89 bits per heavy atom. The van der Waals surface area contributed by atoms with Crippen LogP contribution in [0.1, 0.15) is 6.92 Å². The third-order valence-corrected chi connectivity index (χ3v) is 2.60. The van der Waals surface area contributed by atoms with E-state index < -0.39 is 0 Å². The van der Waals surface area contributed by atoms with Crippen molar-refractivity contribution in [2.24, 2.45) is 10.3 Å². The minimum atomic E-state index is 0.247. The van der Waals surface area contributed by atoms with E-state index in [1.54, 1.807) is 19.1 Å². The van der Waals surface area contributed by atoms with Crippen LogP contribution in [0, 0.1) is 0 Å². The van der Waals surface area contributed by atoms with E-state index in [2.05, 4.69) is 15.4 Å². The van der Waals surface area contributed by atoms with Crippen molar-refractivity contribution in [1.29, 1.82) is 0 Å². The average Bonchev–Trinajstić information content (AvgIpc) is 2.48. The predicted molar refractivity (Wildman–Crippen MR) is 69.9 cm³/mol. The largest absolute Gasteiger partial charge is 0.411 e. The van der Waals surface area contributed by atoms with Gasteiger partial charge in [-0.15, -0.1) is 0 Å². The van der Waals surface area contributed by atoms with Crippen LogP contribution in [0.3, 0.4) is 0 Å². The van der Waals surface area contributed by atoms with Crippen molar-refractivity contribution in [3.63, 3.8) is 0 Å².